The van der Waals surface area contributed by atoms with Crippen LogP contribution in [0.25, 0.3) is 11.1 Å². The third-order valence-electron chi connectivity index (χ3n) is 2.68. The van der Waals surface area contributed by atoms with E-state index in [1.54, 1.807) is 6.07 Å². The van der Waals surface area contributed by atoms with Gasteiger partial charge in [-0.2, -0.15) is 13.2 Å². The smallest absolute Gasteiger partial charge is 0.399 e. The summed E-state index contributed by atoms with van der Waals surface area (Å²) in [5, 5.41) is 0. The molecule has 18 heavy (non-hydrogen) atoms. The first-order valence-electron chi connectivity index (χ1n) is 5.33. The van der Waals surface area contributed by atoms with Crippen LogP contribution in [0.5, 0.6) is 0 Å². The Labute approximate surface area is 107 Å². The SMILES string of the molecule is Cc1cc(-c2ccc(N)cc2C(F)(F)F)c(C)s1. The Morgan fingerprint density at radius 2 is 1.72 bits per heavy atom. The molecule has 0 saturated carbocycles. The molecular formula is C13H12F3NS. The van der Waals surface area contributed by atoms with Gasteiger partial charge in [0.2, 0.25) is 0 Å². The average Bonchev–Trinajstić information content (AvgIpc) is 2.56. The number of nitrogen functional groups attached to an aromatic ring is 1. The number of nitrogens with two attached hydrogens (primary N) is 1. The van der Waals surface area contributed by atoms with Crippen molar-refractivity contribution in [3.63, 3.8) is 0 Å². The number of rotatable bonds is 1. The molecule has 0 atom stereocenters. The van der Waals surface area contributed by atoms with E-state index < -0.39 is 11.7 Å². The van der Waals surface area contributed by atoms with Crippen molar-refractivity contribution >= 4 is 17.0 Å². The second kappa shape index (κ2) is 4.31. The van der Waals surface area contributed by atoms with E-state index in [0.29, 0.717) is 5.56 Å². The molecule has 0 fully saturated rings. The predicted octanol–water partition coefficient (Wildman–Crippen LogP) is 4.63. The summed E-state index contributed by atoms with van der Waals surface area (Å²) in [6, 6.07) is 5.70. The molecule has 1 aromatic heterocycles. The Hall–Kier alpha value is -1.49. The van der Waals surface area contributed by atoms with E-state index in [-0.39, 0.29) is 11.3 Å². The molecule has 0 aliphatic carbocycles. The Balaban J connectivity index is 2.68. The first kappa shape index (κ1) is 13.0. The van der Waals surface area contributed by atoms with Crippen molar-refractivity contribution in [3.05, 3.63) is 39.6 Å². The van der Waals surface area contributed by atoms with Gasteiger partial charge < -0.3 is 5.73 Å². The number of alkyl halides is 3. The van der Waals surface area contributed by atoms with E-state index in [9.17, 15) is 13.2 Å². The minimum absolute atomic E-state index is 0.121. The first-order valence-corrected chi connectivity index (χ1v) is 6.15. The van der Waals surface area contributed by atoms with E-state index >= 15 is 0 Å². The van der Waals surface area contributed by atoms with Gasteiger partial charge in [0.25, 0.3) is 0 Å². The second-order valence-electron chi connectivity index (χ2n) is 4.13. The fourth-order valence-corrected chi connectivity index (χ4v) is 2.87. The van der Waals surface area contributed by atoms with Crippen LogP contribution in [0.15, 0.2) is 24.3 Å². The molecule has 2 aromatic rings. The van der Waals surface area contributed by atoms with Crippen LogP contribution in [0, 0.1) is 13.8 Å². The average molecular weight is 271 g/mol. The van der Waals surface area contributed by atoms with Crippen LogP contribution in [0.1, 0.15) is 15.3 Å². The molecule has 1 nitrogen and oxygen atoms in total. The molecule has 2 rings (SSSR count). The third-order valence-corrected chi connectivity index (χ3v) is 3.65. The monoisotopic (exact) mass is 271 g/mol. The zero-order valence-electron chi connectivity index (χ0n) is 9.93. The highest BCUT2D eigenvalue weighted by atomic mass is 32.1. The number of halogens is 3. The standard InChI is InChI=1S/C13H12F3NS/c1-7-5-11(8(2)18-7)10-4-3-9(17)6-12(10)13(14,15)16/h3-6H,17H2,1-2H3. The van der Waals surface area contributed by atoms with Crippen molar-refractivity contribution in [1.29, 1.82) is 0 Å². The van der Waals surface area contributed by atoms with Crippen molar-refractivity contribution in [3.8, 4) is 11.1 Å². The van der Waals surface area contributed by atoms with Crippen molar-refractivity contribution in [2.24, 2.45) is 0 Å². The van der Waals surface area contributed by atoms with Gasteiger partial charge in [0, 0.05) is 15.4 Å². The van der Waals surface area contributed by atoms with Gasteiger partial charge in [0.1, 0.15) is 0 Å². The molecule has 0 amide bonds. The molecule has 0 radical (unpaired) electrons. The summed E-state index contributed by atoms with van der Waals surface area (Å²) in [5.41, 5.74) is 5.71. The molecule has 1 heterocycles. The number of hydrogen-bond donors (Lipinski definition) is 1. The highest BCUT2D eigenvalue weighted by molar-refractivity contribution is 7.12. The molecule has 0 aliphatic heterocycles. The molecule has 96 valence electrons. The lowest BCUT2D eigenvalue weighted by Crippen LogP contribution is -2.08. The zero-order valence-corrected chi connectivity index (χ0v) is 10.7. The summed E-state index contributed by atoms with van der Waals surface area (Å²) >= 11 is 1.49. The molecule has 0 saturated heterocycles. The minimum Gasteiger partial charge on any atom is -0.399 e. The van der Waals surface area contributed by atoms with Crippen LogP contribution in [-0.2, 0) is 6.18 Å². The Bertz CT molecular complexity index is 584. The van der Waals surface area contributed by atoms with E-state index in [1.807, 2.05) is 13.8 Å². The number of benzene rings is 1. The molecular weight excluding hydrogens is 259 g/mol. The molecule has 2 N–H and O–H groups in total. The van der Waals surface area contributed by atoms with Crippen LogP contribution in [0.4, 0.5) is 18.9 Å². The summed E-state index contributed by atoms with van der Waals surface area (Å²) in [6.45, 7) is 3.70. The summed E-state index contributed by atoms with van der Waals surface area (Å²) in [5.74, 6) is 0. The van der Waals surface area contributed by atoms with Crippen LogP contribution in [-0.4, -0.2) is 0 Å². The van der Waals surface area contributed by atoms with Crippen LogP contribution < -0.4 is 5.73 Å². The fraction of sp³-hybridized carbons (Fsp3) is 0.231. The Kier molecular flexibility index (Phi) is 3.11. The molecule has 0 spiro atoms. The Morgan fingerprint density at radius 3 is 2.22 bits per heavy atom. The zero-order chi connectivity index (χ0) is 13.5. The van der Waals surface area contributed by atoms with Crippen molar-refractivity contribution < 1.29 is 13.2 Å². The van der Waals surface area contributed by atoms with Gasteiger partial charge in [-0.05, 0) is 43.2 Å². The maximum absolute atomic E-state index is 13.0. The molecule has 5 heteroatoms. The first-order chi connectivity index (χ1) is 8.29. The number of thiophene rings is 1. The van der Waals surface area contributed by atoms with Crippen LogP contribution >= 0.6 is 11.3 Å². The van der Waals surface area contributed by atoms with Gasteiger partial charge in [-0.3, -0.25) is 0 Å². The van der Waals surface area contributed by atoms with E-state index in [0.717, 1.165) is 15.8 Å². The molecule has 0 unspecified atom stereocenters. The largest absolute Gasteiger partial charge is 0.417 e. The lowest BCUT2D eigenvalue weighted by molar-refractivity contribution is -0.137. The molecule has 0 bridgehead atoms. The maximum Gasteiger partial charge on any atom is 0.417 e. The van der Waals surface area contributed by atoms with Gasteiger partial charge in [0.05, 0.1) is 5.56 Å². The number of anilines is 1. The van der Waals surface area contributed by atoms with Gasteiger partial charge in [-0.25, -0.2) is 0 Å². The quantitative estimate of drug-likeness (QED) is 0.752. The van der Waals surface area contributed by atoms with E-state index in [4.69, 9.17) is 5.73 Å². The molecule has 0 aliphatic rings. The Morgan fingerprint density at radius 1 is 1.06 bits per heavy atom. The summed E-state index contributed by atoms with van der Waals surface area (Å²) in [4.78, 5) is 1.87. The minimum atomic E-state index is -4.40. The molecule has 1 aromatic carbocycles. The van der Waals surface area contributed by atoms with E-state index in [2.05, 4.69) is 0 Å². The topological polar surface area (TPSA) is 26.0 Å². The summed E-state index contributed by atoms with van der Waals surface area (Å²) in [7, 11) is 0. The highest BCUT2D eigenvalue weighted by Gasteiger charge is 2.34. The summed E-state index contributed by atoms with van der Waals surface area (Å²) < 4.78 is 39.0. The van der Waals surface area contributed by atoms with Crippen LogP contribution in [0.2, 0.25) is 0 Å². The predicted molar refractivity (Wildman–Crippen MR) is 68.6 cm³/mol. The van der Waals surface area contributed by atoms with Crippen molar-refractivity contribution in [2.75, 3.05) is 5.73 Å². The van der Waals surface area contributed by atoms with Gasteiger partial charge in [-0.1, -0.05) is 6.07 Å². The number of hydrogen-bond acceptors (Lipinski definition) is 2. The maximum atomic E-state index is 13.0. The highest BCUT2D eigenvalue weighted by Crippen LogP contribution is 2.41. The lowest BCUT2D eigenvalue weighted by Gasteiger charge is -2.13. The van der Waals surface area contributed by atoms with Gasteiger partial charge >= 0.3 is 6.18 Å². The fourth-order valence-electron chi connectivity index (χ4n) is 1.93. The third kappa shape index (κ3) is 2.36. The van der Waals surface area contributed by atoms with Gasteiger partial charge in [0.15, 0.2) is 0 Å². The van der Waals surface area contributed by atoms with E-state index in [1.165, 1.54) is 23.5 Å². The van der Waals surface area contributed by atoms with Crippen LogP contribution in [0.3, 0.4) is 0 Å². The van der Waals surface area contributed by atoms with Gasteiger partial charge in [-0.15, -0.1) is 11.3 Å². The van der Waals surface area contributed by atoms with Crippen molar-refractivity contribution in [1.82, 2.24) is 0 Å². The van der Waals surface area contributed by atoms with Crippen molar-refractivity contribution in [2.45, 2.75) is 20.0 Å². The second-order valence-corrected chi connectivity index (χ2v) is 5.59. The number of aryl methyl sites for hydroxylation is 2. The lowest BCUT2D eigenvalue weighted by atomic mass is 9.99. The summed E-state index contributed by atoms with van der Waals surface area (Å²) in [6.07, 6.45) is -4.40. The normalized spacial score (nSPS) is 11.8.